The monoisotopic (exact) mass is 317 g/mol. The zero-order valence-electron chi connectivity index (χ0n) is 10.1. The molecular formula is C11H13NO6P2. The summed E-state index contributed by atoms with van der Waals surface area (Å²) in [5, 5.41) is -2.22. The molecule has 9 heteroatoms. The summed E-state index contributed by atoms with van der Waals surface area (Å²) in [6.07, 6.45) is 0. The van der Waals surface area contributed by atoms with Crippen molar-refractivity contribution in [2.45, 2.75) is 5.02 Å². The van der Waals surface area contributed by atoms with Crippen molar-refractivity contribution in [3.63, 3.8) is 0 Å². The molecule has 7 nitrogen and oxygen atoms in total. The van der Waals surface area contributed by atoms with E-state index in [9.17, 15) is 28.7 Å². The summed E-state index contributed by atoms with van der Waals surface area (Å²) in [5.41, 5.74) is 5.23. The standard InChI is InChI=1S/C11H13NO6P2/c12-11(19(13,14)15,20(16,17)18)10-7-3-5-8-4-1-2-6-9(8)10/h1-7H,12H2,(H2,13,14,15)(H2,16,17,18). The summed E-state index contributed by atoms with van der Waals surface area (Å²) in [5.74, 6) is 0. The lowest BCUT2D eigenvalue weighted by molar-refractivity contribution is 0.310. The first-order chi connectivity index (χ1) is 9.09. The van der Waals surface area contributed by atoms with Gasteiger partial charge in [-0.15, -0.1) is 0 Å². The van der Waals surface area contributed by atoms with Crippen molar-refractivity contribution >= 4 is 26.0 Å². The Balaban J connectivity index is 2.91. The molecule has 0 heterocycles. The fourth-order valence-electron chi connectivity index (χ4n) is 2.03. The molecule has 20 heavy (non-hydrogen) atoms. The third-order valence-electron chi connectivity index (χ3n) is 3.07. The smallest absolute Gasteiger partial charge is 0.322 e. The fraction of sp³-hybridized carbons (Fsp3) is 0.0909. The SMILES string of the molecule is NC(c1cccc2ccccc12)(P(=O)(O)O)P(=O)(O)O. The molecule has 0 aliphatic carbocycles. The van der Waals surface area contributed by atoms with Crippen LogP contribution in [0, 0.1) is 0 Å². The van der Waals surface area contributed by atoms with Gasteiger partial charge in [0.05, 0.1) is 0 Å². The van der Waals surface area contributed by atoms with Crippen molar-refractivity contribution in [1.29, 1.82) is 0 Å². The van der Waals surface area contributed by atoms with E-state index in [0.717, 1.165) is 0 Å². The molecule has 0 fully saturated rings. The molecule has 6 N–H and O–H groups in total. The largest absolute Gasteiger partial charge is 0.362 e. The Morgan fingerprint density at radius 1 is 0.850 bits per heavy atom. The number of hydrogen-bond acceptors (Lipinski definition) is 3. The van der Waals surface area contributed by atoms with Gasteiger partial charge in [-0.2, -0.15) is 0 Å². The second-order valence-corrected chi connectivity index (χ2v) is 8.28. The van der Waals surface area contributed by atoms with Crippen molar-refractivity contribution < 1.29 is 28.7 Å². The van der Waals surface area contributed by atoms with Gasteiger partial charge in [0.1, 0.15) is 0 Å². The van der Waals surface area contributed by atoms with Crippen molar-refractivity contribution in [3.8, 4) is 0 Å². The number of benzene rings is 2. The van der Waals surface area contributed by atoms with Crippen molar-refractivity contribution in [3.05, 3.63) is 48.0 Å². The Morgan fingerprint density at radius 3 is 1.90 bits per heavy atom. The van der Waals surface area contributed by atoms with E-state index >= 15 is 0 Å². The van der Waals surface area contributed by atoms with Crippen LogP contribution >= 0.6 is 15.2 Å². The molecule has 0 saturated heterocycles. The van der Waals surface area contributed by atoms with Crippen LogP contribution in [-0.2, 0) is 14.2 Å². The van der Waals surface area contributed by atoms with Crippen LogP contribution in [0.15, 0.2) is 42.5 Å². The van der Waals surface area contributed by atoms with Crippen LogP contribution in [0.25, 0.3) is 10.8 Å². The highest BCUT2D eigenvalue weighted by Crippen LogP contribution is 2.71. The second kappa shape index (κ2) is 4.76. The van der Waals surface area contributed by atoms with Crippen LogP contribution in [0.1, 0.15) is 5.56 Å². The first kappa shape index (κ1) is 15.4. The number of hydrogen-bond donors (Lipinski definition) is 5. The summed E-state index contributed by atoms with van der Waals surface area (Å²) in [6.45, 7) is 0. The molecule has 0 unspecified atom stereocenters. The van der Waals surface area contributed by atoms with Crippen LogP contribution in [0.4, 0.5) is 0 Å². The van der Waals surface area contributed by atoms with Crippen LogP contribution in [0.2, 0.25) is 0 Å². The molecule has 0 aliphatic rings. The molecule has 2 aromatic carbocycles. The minimum Gasteiger partial charge on any atom is -0.322 e. The third kappa shape index (κ3) is 2.24. The molecular weight excluding hydrogens is 304 g/mol. The minimum atomic E-state index is -5.32. The van der Waals surface area contributed by atoms with E-state index < -0.39 is 20.2 Å². The molecule has 0 atom stereocenters. The predicted molar refractivity (Wildman–Crippen MR) is 73.9 cm³/mol. The lowest BCUT2D eigenvalue weighted by Gasteiger charge is -2.31. The van der Waals surface area contributed by atoms with Gasteiger partial charge in [-0.1, -0.05) is 42.5 Å². The fourth-order valence-corrected chi connectivity index (χ4v) is 4.40. The van der Waals surface area contributed by atoms with Crippen LogP contribution in [0.3, 0.4) is 0 Å². The average Bonchev–Trinajstić information content (AvgIpc) is 2.34. The highest BCUT2D eigenvalue weighted by Gasteiger charge is 2.59. The lowest BCUT2D eigenvalue weighted by atomic mass is 10.0. The Morgan fingerprint density at radius 2 is 1.35 bits per heavy atom. The molecule has 108 valence electrons. The van der Waals surface area contributed by atoms with Gasteiger partial charge in [0.15, 0.2) is 0 Å². The third-order valence-corrected chi connectivity index (χ3v) is 6.90. The van der Waals surface area contributed by atoms with E-state index in [4.69, 9.17) is 5.73 Å². The first-order valence-electron chi connectivity index (χ1n) is 5.47. The normalized spacial score (nSPS) is 13.7. The summed E-state index contributed by atoms with van der Waals surface area (Å²) in [7, 11) is -10.6. The van der Waals surface area contributed by atoms with Crippen LogP contribution in [0.5, 0.6) is 0 Å². The van der Waals surface area contributed by atoms with E-state index in [-0.39, 0.29) is 10.9 Å². The van der Waals surface area contributed by atoms with E-state index in [1.54, 1.807) is 24.3 Å². The topological polar surface area (TPSA) is 141 Å². The summed E-state index contributed by atoms with van der Waals surface area (Å²) in [6, 6.07) is 10.7. The molecule has 0 aliphatic heterocycles. The first-order valence-corrected chi connectivity index (χ1v) is 8.70. The Labute approximate surface area is 114 Å². The molecule has 2 rings (SSSR count). The molecule has 0 saturated carbocycles. The van der Waals surface area contributed by atoms with Gasteiger partial charge < -0.3 is 25.3 Å². The number of rotatable bonds is 3. The maximum Gasteiger partial charge on any atom is 0.362 e. The predicted octanol–water partition coefficient (Wildman–Crippen LogP) is 1.26. The Kier molecular flexibility index (Phi) is 3.65. The zero-order chi connectivity index (χ0) is 15.2. The average molecular weight is 317 g/mol. The number of nitrogens with two attached hydrogens (primary N) is 1. The quantitative estimate of drug-likeness (QED) is 0.537. The van der Waals surface area contributed by atoms with Crippen LogP contribution < -0.4 is 5.73 Å². The maximum absolute atomic E-state index is 11.6. The van der Waals surface area contributed by atoms with E-state index in [0.29, 0.717) is 5.39 Å². The Hall–Kier alpha value is -1.04. The maximum atomic E-state index is 11.6. The van der Waals surface area contributed by atoms with E-state index in [1.165, 1.54) is 18.2 Å². The molecule has 0 spiro atoms. The van der Waals surface area contributed by atoms with Crippen molar-refractivity contribution in [1.82, 2.24) is 0 Å². The van der Waals surface area contributed by atoms with Crippen LogP contribution in [-0.4, -0.2) is 19.6 Å². The molecule has 0 radical (unpaired) electrons. The molecule has 0 amide bonds. The van der Waals surface area contributed by atoms with E-state index in [2.05, 4.69) is 0 Å². The summed E-state index contributed by atoms with van der Waals surface area (Å²) < 4.78 is 23.2. The summed E-state index contributed by atoms with van der Waals surface area (Å²) in [4.78, 5) is 37.5. The van der Waals surface area contributed by atoms with Gasteiger partial charge in [0, 0.05) is 5.56 Å². The summed E-state index contributed by atoms with van der Waals surface area (Å²) >= 11 is 0. The van der Waals surface area contributed by atoms with Crippen molar-refractivity contribution in [2.75, 3.05) is 0 Å². The van der Waals surface area contributed by atoms with Gasteiger partial charge in [0.25, 0.3) is 0 Å². The van der Waals surface area contributed by atoms with Gasteiger partial charge in [0.2, 0.25) is 5.02 Å². The molecule has 0 bridgehead atoms. The zero-order valence-corrected chi connectivity index (χ0v) is 11.9. The lowest BCUT2D eigenvalue weighted by Crippen LogP contribution is -2.36. The van der Waals surface area contributed by atoms with E-state index in [1.807, 2.05) is 0 Å². The number of fused-ring (bicyclic) bond motifs is 1. The second-order valence-electron chi connectivity index (χ2n) is 4.34. The molecule has 2 aromatic rings. The van der Waals surface area contributed by atoms with Crippen molar-refractivity contribution in [2.24, 2.45) is 5.73 Å². The highest BCUT2D eigenvalue weighted by atomic mass is 31.2. The van der Waals surface area contributed by atoms with Gasteiger partial charge in [-0.3, -0.25) is 9.13 Å². The van der Waals surface area contributed by atoms with Gasteiger partial charge >= 0.3 is 15.2 Å². The van der Waals surface area contributed by atoms with Gasteiger partial charge in [-0.25, -0.2) is 0 Å². The Bertz CT molecular complexity index is 722. The molecule has 0 aromatic heterocycles. The highest BCUT2D eigenvalue weighted by molar-refractivity contribution is 7.71. The van der Waals surface area contributed by atoms with Gasteiger partial charge in [-0.05, 0) is 10.8 Å². The minimum absolute atomic E-state index is 0.280.